The summed E-state index contributed by atoms with van der Waals surface area (Å²) in [5.41, 5.74) is 0.489. The van der Waals surface area contributed by atoms with Crippen LogP contribution in [0.25, 0.3) is 0 Å². The summed E-state index contributed by atoms with van der Waals surface area (Å²) in [6.07, 6.45) is 3.02. The quantitative estimate of drug-likeness (QED) is 0.759. The topological polar surface area (TPSA) is 75.3 Å². The number of amides is 2. The summed E-state index contributed by atoms with van der Waals surface area (Å²) in [5, 5.41) is 2.55. The van der Waals surface area contributed by atoms with Crippen LogP contribution in [0.5, 0.6) is 0 Å². The van der Waals surface area contributed by atoms with Crippen LogP contribution in [0.1, 0.15) is 27.1 Å². The number of nitrogens with one attached hydrogen (secondary N) is 2. The third-order valence-electron chi connectivity index (χ3n) is 3.08. The third-order valence-corrected chi connectivity index (χ3v) is 5.15. The van der Waals surface area contributed by atoms with E-state index in [-0.39, 0.29) is 31.0 Å². The van der Waals surface area contributed by atoms with Gasteiger partial charge in [-0.15, -0.1) is 0 Å². The molecule has 1 aliphatic rings. The molecule has 1 aromatic carbocycles. The van der Waals surface area contributed by atoms with Gasteiger partial charge in [-0.3, -0.25) is 0 Å². The van der Waals surface area contributed by atoms with Gasteiger partial charge in [-0.2, -0.15) is 0 Å². The van der Waals surface area contributed by atoms with Crippen molar-refractivity contribution < 1.29 is 44.2 Å². The Morgan fingerprint density at radius 3 is 2.30 bits per heavy atom. The van der Waals surface area contributed by atoms with E-state index in [1.807, 2.05) is 0 Å². The van der Waals surface area contributed by atoms with Crippen molar-refractivity contribution in [3.05, 3.63) is 29.3 Å². The van der Waals surface area contributed by atoms with Crippen LogP contribution in [0, 0.1) is 0 Å². The van der Waals surface area contributed by atoms with E-state index in [1.165, 1.54) is 0 Å². The van der Waals surface area contributed by atoms with Gasteiger partial charge in [0.05, 0.1) is 5.25 Å². The zero-order valence-electron chi connectivity index (χ0n) is 12.2. The Balaban J connectivity index is 0.00000200. The largest absolute Gasteiger partial charge is 1.00 e. The minimum absolute atomic E-state index is 0. The maximum absolute atomic E-state index is 11.9. The molecule has 0 aliphatic heterocycles. The molecule has 106 valence electrons. The molecule has 0 unspecified atom stereocenters. The van der Waals surface area contributed by atoms with Gasteiger partial charge in [-0.25, -0.2) is 17.9 Å². The molecule has 1 saturated carbocycles. The van der Waals surface area contributed by atoms with E-state index in [0.29, 0.717) is 23.6 Å². The molecule has 1 aromatic rings. The average Bonchev–Trinajstić information content (AvgIpc) is 2.85. The van der Waals surface area contributed by atoms with Crippen molar-refractivity contribution in [1.82, 2.24) is 4.72 Å². The van der Waals surface area contributed by atoms with Gasteiger partial charge in [0.1, 0.15) is 0 Å². The predicted octanol–water partition coefficient (Wildman–Crippen LogP) is -0.150. The van der Waals surface area contributed by atoms with Crippen LogP contribution in [0.4, 0.5) is 10.5 Å². The third kappa shape index (κ3) is 4.93. The summed E-state index contributed by atoms with van der Waals surface area (Å²) in [7, 11) is -3.58. The maximum Gasteiger partial charge on any atom is 1.00 e. The van der Waals surface area contributed by atoms with Crippen molar-refractivity contribution >= 4 is 33.3 Å². The van der Waals surface area contributed by atoms with E-state index >= 15 is 0 Å². The number of hydrogen-bond acceptors (Lipinski definition) is 3. The Morgan fingerprint density at radius 1 is 1.20 bits per heavy atom. The van der Waals surface area contributed by atoms with Crippen LogP contribution in [-0.2, 0) is 10.0 Å². The van der Waals surface area contributed by atoms with Crippen molar-refractivity contribution in [2.24, 2.45) is 0 Å². The van der Waals surface area contributed by atoms with Crippen molar-refractivity contribution in [2.75, 3.05) is 5.32 Å². The molecule has 0 bridgehead atoms. The fourth-order valence-corrected chi connectivity index (χ4v) is 3.66. The minimum Gasteiger partial charge on any atom is -1.00 e. The first kappa shape index (κ1) is 17.8. The number of urea groups is 1. The maximum atomic E-state index is 11.9. The number of carbonyl (C=O) groups excluding carboxylic acids is 1. The Bertz CT molecular complexity index is 562. The molecular weight excluding hydrogens is 311 g/mol. The van der Waals surface area contributed by atoms with Crippen LogP contribution in [-0.4, -0.2) is 19.7 Å². The molecule has 2 N–H and O–H groups in total. The van der Waals surface area contributed by atoms with Crippen LogP contribution in [0.15, 0.2) is 24.3 Å². The van der Waals surface area contributed by atoms with Gasteiger partial charge >= 0.3 is 35.6 Å². The van der Waals surface area contributed by atoms with E-state index < -0.39 is 21.3 Å². The molecule has 2 rings (SSSR count). The molecule has 0 radical (unpaired) electrons. The second-order valence-corrected chi connectivity index (χ2v) is 6.91. The Hall–Kier alpha value is -0.270. The van der Waals surface area contributed by atoms with Crippen LogP contribution in [0.2, 0.25) is 5.02 Å². The monoisotopic (exact) mass is 326 g/mol. The van der Waals surface area contributed by atoms with E-state index in [4.69, 9.17) is 11.6 Å². The Morgan fingerprint density at radius 2 is 1.75 bits per heavy atom. The van der Waals surface area contributed by atoms with Crippen molar-refractivity contribution in [2.45, 2.75) is 30.9 Å². The van der Waals surface area contributed by atoms with Gasteiger partial charge in [0, 0.05) is 10.7 Å². The number of hydrogen-bond donors (Lipinski definition) is 2. The van der Waals surface area contributed by atoms with E-state index in [2.05, 4.69) is 10.0 Å². The molecule has 0 heterocycles. The normalized spacial score (nSPS) is 15.4. The first-order valence-electron chi connectivity index (χ1n) is 6.05. The summed E-state index contributed by atoms with van der Waals surface area (Å²) >= 11 is 5.72. The summed E-state index contributed by atoms with van der Waals surface area (Å²) < 4.78 is 25.8. The molecular formula is C12H16ClN2NaO3S. The molecule has 0 saturated heterocycles. The van der Waals surface area contributed by atoms with Crippen LogP contribution < -0.4 is 39.6 Å². The zero-order valence-corrected chi connectivity index (χ0v) is 14.8. The van der Waals surface area contributed by atoms with Gasteiger partial charge in [0.25, 0.3) is 0 Å². The van der Waals surface area contributed by atoms with Gasteiger partial charge in [0.2, 0.25) is 10.0 Å². The summed E-state index contributed by atoms with van der Waals surface area (Å²) in [5.74, 6) is 0. The van der Waals surface area contributed by atoms with Gasteiger partial charge < -0.3 is 6.74 Å². The second-order valence-electron chi connectivity index (χ2n) is 4.51. The molecule has 8 heteroatoms. The molecule has 0 aromatic heterocycles. The molecule has 5 nitrogen and oxygen atoms in total. The summed E-state index contributed by atoms with van der Waals surface area (Å²) in [4.78, 5) is 11.6. The predicted molar refractivity (Wildman–Crippen MR) is 75.9 cm³/mol. The Kier molecular flexibility index (Phi) is 6.81. The van der Waals surface area contributed by atoms with E-state index in [0.717, 1.165) is 12.8 Å². The first-order chi connectivity index (χ1) is 8.97. The van der Waals surface area contributed by atoms with Crippen molar-refractivity contribution in [3.63, 3.8) is 0 Å². The minimum atomic E-state index is -3.58. The van der Waals surface area contributed by atoms with Gasteiger partial charge in [-0.05, 0) is 37.1 Å². The molecule has 1 aliphatic carbocycles. The standard InChI is InChI=1S/C12H15ClN2O3S.Na.H/c13-9-5-7-10(8-6-9)14-12(16)15-19(17,18)11-3-1-2-4-11;;/h5-8,11H,1-4H2,(H2,14,15,16);;/q;+1;-1. The van der Waals surface area contributed by atoms with Crippen molar-refractivity contribution in [1.29, 1.82) is 0 Å². The average molecular weight is 327 g/mol. The number of halogens is 1. The van der Waals surface area contributed by atoms with Gasteiger partial charge in [0.15, 0.2) is 0 Å². The second kappa shape index (κ2) is 7.66. The van der Waals surface area contributed by atoms with E-state index in [9.17, 15) is 13.2 Å². The fraction of sp³-hybridized carbons (Fsp3) is 0.417. The number of rotatable bonds is 3. The zero-order chi connectivity index (χ0) is 13.9. The smallest absolute Gasteiger partial charge is 1.00 e. The molecule has 2 amide bonds. The van der Waals surface area contributed by atoms with Crippen LogP contribution in [0.3, 0.4) is 0 Å². The molecule has 1 fully saturated rings. The molecule has 0 atom stereocenters. The van der Waals surface area contributed by atoms with Crippen LogP contribution >= 0.6 is 11.6 Å². The Labute approximate surface area is 147 Å². The fourth-order valence-electron chi connectivity index (χ4n) is 2.10. The first-order valence-corrected chi connectivity index (χ1v) is 7.98. The number of sulfonamides is 1. The molecule has 0 spiro atoms. The number of carbonyl (C=O) groups is 1. The summed E-state index contributed by atoms with van der Waals surface area (Å²) in [6.45, 7) is 0. The van der Waals surface area contributed by atoms with Crippen molar-refractivity contribution in [3.8, 4) is 0 Å². The number of benzene rings is 1. The summed E-state index contributed by atoms with van der Waals surface area (Å²) in [6, 6.07) is 5.69. The van der Waals surface area contributed by atoms with Gasteiger partial charge in [-0.1, -0.05) is 24.4 Å². The molecule has 20 heavy (non-hydrogen) atoms. The SMILES string of the molecule is O=C(Nc1ccc(Cl)cc1)NS(=O)(=O)C1CCCC1.[H-].[Na+]. The van der Waals surface area contributed by atoms with E-state index in [1.54, 1.807) is 24.3 Å². The number of anilines is 1.